The molecule has 0 saturated carbocycles. The van der Waals surface area contributed by atoms with E-state index in [0.29, 0.717) is 6.42 Å². The largest absolute Gasteiger partial charge is 0.297 e. The number of halogens is 2. The van der Waals surface area contributed by atoms with E-state index in [1.807, 2.05) is 0 Å². The van der Waals surface area contributed by atoms with Crippen molar-refractivity contribution in [3.05, 3.63) is 26.9 Å². The maximum absolute atomic E-state index is 11.6. The van der Waals surface area contributed by atoms with Gasteiger partial charge in [-0.2, -0.15) is 0 Å². The lowest BCUT2D eigenvalue weighted by Crippen LogP contribution is -2.25. The molecule has 0 aromatic carbocycles. The van der Waals surface area contributed by atoms with Gasteiger partial charge in [0.25, 0.3) is 5.56 Å². The molecule has 1 rings (SSSR count). The van der Waals surface area contributed by atoms with Crippen LogP contribution < -0.4 is 5.56 Å². The molecule has 0 bridgehead atoms. The van der Waals surface area contributed by atoms with E-state index in [1.54, 1.807) is 6.92 Å². The van der Waals surface area contributed by atoms with Crippen LogP contribution in [0.4, 0.5) is 0 Å². The summed E-state index contributed by atoms with van der Waals surface area (Å²) in [6.07, 6.45) is 1.74. The Bertz CT molecular complexity index is 554. The van der Waals surface area contributed by atoms with Gasteiger partial charge >= 0.3 is 0 Å². The maximum atomic E-state index is 11.6. The Kier molecular flexibility index (Phi) is 4.97. The standard InChI is InChI=1S/C9H12Cl2N2O3S/c1-2-4-17(15,16)5-3-13-6-12-8(11)7(10)9(13)14/h6H,2-5H2,1H3. The average Bonchev–Trinajstić information content (AvgIpc) is 2.25. The highest BCUT2D eigenvalue weighted by Crippen LogP contribution is 2.12. The second kappa shape index (κ2) is 5.84. The van der Waals surface area contributed by atoms with Crippen LogP contribution in [0, 0.1) is 0 Å². The fraction of sp³-hybridized carbons (Fsp3) is 0.556. The van der Waals surface area contributed by atoms with Crippen LogP contribution in [0.5, 0.6) is 0 Å². The van der Waals surface area contributed by atoms with Crippen molar-refractivity contribution in [1.29, 1.82) is 0 Å². The Balaban J connectivity index is 2.85. The van der Waals surface area contributed by atoms with E-state index >= 15 is 0 Å². The first kappa shape index (κ1) is 14.5. The van der Waals surface area contributed by atoms with Gasteiger partial charge in [-0.15, -0.1) is 0 Å². The van der Waals surface area contributed by atoms with Crippen LogP contribution in [0.15, 0.2) is 11.1 Å². The third-order valence-electron chi connectivity index (χ3n) is 2.10. The van der Waals surface area contributed by atoms with Crippen LogP contribution in [-0.4, -0.2) is 29.5 Å². The van der Waals surface area contributed by atoms with Gasteiger partial charge in [-0.3, -0.25) is 9.36 Å². The lowest BCUT2D eigenvalue weighted by atomic mass is 10.6. The Morgan fingerprint density at radius 2 is 2.00 bits per heavy atom. The van der Waals surface area contributed by atoms with Gasteiger partial charge in [0.1, 0.15) is 5.02 Å². The van der Waals surface area contributed by atoms with Gasteiger partial charge < -0.3 is 0 Å². The second-order valence-corrected chi connectivity index (χ2v) is 6.54. The summed E-state index contributed by atoms with van der Waals surface area (Å²) < 4.78 is 24.1. The van der Waals surface area contributed by atoms with Gasteiger partial charge in [-0.25, -0.2) is 13.4 Å². The number of hydrogen-bond acceptors (Lipinski definition) is 4. The summed E-state index contributed by atoms with van der Waals surface area (Å²) in [6, 6.07) is 0. The van der Waals surface area contributed by atoms with Crippen molar-refractivity contribution < 1.29 is 8.42 Å². The Morgan fingerprint density at radius 1 is 1.35 bits per heavy atom. The van der Waals surface area contributed by atoms with Gasteiger partial charge in [0.15, 0.2) is 15.0 Å². The molecule has 0 aliphatic rings. The lowest BCUT2D eigenvalue weighted by molar-refractivity contribution is 0.585. The molecule has 8 heteroatoms. The fourth-order valence-corrected chi connectivity index (χ4v) is 2.84. The first-order chi connectivity index (χ1) is 7.87. The summed E-state index contributed by atoms with van der Waals surface area (Å²) in [5.74, 6) is -0.00309. The monoisotopic (exact) mass is 298 g/mol. The molecule has 0 aliphatic heterocycles. The number of aryl methyl sites for hydroxylation is 1. The molecule has 0 saturated heterocycles. The van der Waals surface area contributed by atoms with Crippen molar-refractivity contribution in [2.24, 2.45) is 0 Å². The topological polar surface area (TPSA) is 69.0 Å². The summed E-state index contributed by atoms with van der Waals surface area (Å²) in [7, 11) is -3.13. The normalized spacial score (nSPS) is 11.7. The summed E-state index contributed by atoms with van der Waals surface area (Å²) >= 11 is 11.2. The smallest absolute Gasteiger partial charge is 0.273 e. The molecule has 1 heterocycles. The first-order valence-corrected chi connectivity index (χ1v) is 7.56. The van der Waals surface area contributed by atoms with Crippen molar-refractivity contribution in [2.45, 2.75) is 19.9 Å². The molecule has 0 fully saturated rings. The molecule has 0 N–H and O–H groups in total. The summed E-state index contributed by atoms with van der Waals surface area (Å²) in [5, 5.41) is -0.272. The minimum atomic E-state index is -3.13. The Labute approximate surface area is 109 Å². The van der Waals surface area contributed by atoms with E-state index in [4.69, 9.17) is 23.2 Å². The zero-order valence-corrected chi connectivity index (χ0v) is 11.5. The number of rotatable bonds is 5. The van der Waals surface area contributed by atoms with Gasteiger partial charge in [0.05, 0.1) is 12.1 Å². The minimum absolute atomic E-state index is 0.0328. The van der Waals surface area contributed by atoms with Gasteiger partial charge in [0, 0.05) is 12.3 Å². The Hall–Kier alpha value is -0.590. The number of nitrogens with zero attached hydrogens (tertiary/aromatic N) is 2. The molecular weight excluding hydrogens is 287 g/mol. The molecule has 1 aromatic rings. The number of sulfone groups is 1. The third kappa shape index (κ3) is 3.97. The van der Waals surface area contributed by atoms with Crippen LogP contribution in [0.25, 0.3) is 0 Å². The molecule has 0 atom stereocenters. The van der Waals surface area contributed by atoms with Gasteiger partial charge in [0.2, 0.25) is 0 Å². The molecule has 96 valence electrons. The predicted octanol–water partition coefficient (Wildman–Crippen LogP) is 1.37. The highest BCUT2D eigenvalue weighted by atomic mass is 35.5. The van der Waals surface area contributed by atoms with Crippen molar-refractivity contribution in [3.8, 4) is 0 Å². The maximum Gasteiger partial charge on any atom is 0.273 e. The van der Waals surface area contributed by atoms with Gasteiger partial charge in [-0.1, -0.05) is 30.1 Å². The van der Waals surface area contributed by atoms with E-state index in [1.165, 1.54) is 6.33 Å². The second-order valence-electron chi connectivity index (χ2n) is 3.50. The minimum Gasteiger partial charge on any atom is -0.297 e. The summed E-state index contributed by atoms with van der Waals surface area (Å²) in [4.78, 5) is 15.3. The zero-order valence-electron chi connectivity index (χ0n) is 9.19. The zero-order chi connectivity index (χ0) is 13.1. The Morgan fingerprint density at radius 3 is 2.59 bits per heavy atom. The van der Waals surface area contributed by atoms with Crippen LogP contribution >= 0.6 is 23.2 Å². The quantitative estimate of drug-likeness (QED) is 0.770. The van der Waals surface area contributed by atoms with E-state index in [0.717, 1.165) is 4.57 Å². The van der Waals surface area contributed by atoms with Crippen molar-refractivity contribution in [2.75, 3.05) is 11.5 Å². The van der Waals surface area contributed by atoms with E-state index in [-0.39, 0.29) is 28.2 Å². The van der Waals surface area contributed by atoms with Crippen molar-refractivity contribution in [1.82, 2.24) is 9.55 Å². The number of aromatic nitrogens is 2. The van der Waals surface area contributed by atoms with Crippen molar-refractivity contribution in [3.63, 3.8) is 0 Å². The average molecular weight is 299 g/mol. The molecule has 0 aliphatic carbocycles. The molecule has 0 spiro atoms. The SMILES string of the molecule is CCCS(=O)(=O)CCn1cnc(Cl)c(Cl)c1=O. The fourth-order valence-electron chi connectivity index (χ4n) is 1.25. The molecule has 0 unspecified atom stereocenters. The highest BCUT2D eigenvalue weighted by Gasteiger charge is 2.12. The third-order valence-corrected chi connectivity index (χ3v) is 4.66. The summed E-state index contributed by atoms with van der Waals surface area (Å²) in [5.41, 5.74) is -0.529. The van der Waals surface area contributed by atoms with Crippen LogP contribution in [0.3, 0.4) is 0 Å². The lowest BCUT2D eigenvalue weighted by Gasteiger charge is -2.06. The predicted molar refractivity (Wildman–Crippen MR) is 67.5 cm³/mol. The molecule has 0 amide bonds. The van der Waals surface area contributed by atoms with E-state index < -0.39 is 15.4 Å². The van der Waals surface area contributed by atoms with Crippen molar-refractivity contribution >= 4 is 33.0 Å². The molecular formula is C9H12Cl2N2O3S. The van der Waals surface area contributed by atoms with E-state index in [2.05, 4.69) is 4.98 Å². The molecule has 0 radical (unpaired) electrons. The molecule has 1 aromatic heterocycles. The molecule has 5 nitrogen and oxygen atoms in total. The number of hydrogen-bond donors (Lipinski definition) is 0. The summed E-state index contributed by atoms with van der Waals surface area (Å²) in [6.45, 7) is 1.81. The van der Waals surface area contributed by atoms with Crippen LogP contribution in [0.1, 0.15) is 13.3 Å². The first-order valence-electron chi connectivity index (χ1n) is 4.98. The van der Waals surface area contributed by atoms with Gasteiger partial charge in [-0.05, 0) is 6.42 Å². The van der Waals surface area contributed by atoms with Crippen LogP contribution in [-0.2, 0) is 16.4 Å². The molecule has 17 heavy (non-hydrogen) atoms. The van der Waals surface area contributed by atoms with E-state index in [9.17, 15) is 13.2 Å². The highest BCUT2D eigenvalue weighted by molar-refractivity contribution is 7.91. The van der Waals surface area contributed by atoms with Crippen LogP contribution in [0.2, 0.25) is 10.2 Å².